The Morgan fingerprint density at radius 2 is 1.44 bits per heavy atom. The number of nitrogens with zero attached hydrogens (tertiary/aromatic N) is 1. The first-order valence-corrected chi connectivity index (χ1v) is 8.13. The second-order valence-electron chi connectivity index (χ2n) is 7.12. The van der Waals surface area contributed by atoms with Gasteiger partial charge in [0.1, 0.15) is 6.54 Å². The van der Waals surface area contributed by atoms with Crippen LogP contribution in [0, 0.1) is 0 Å². The standard InChI is InChI=1S/C20H20N2O3/c1-20(2,3)13-8-10-14(11-9-13)21-17(23)12-22-18(24)15-6-4-5-7-16(15)19(22)25/h4-11H,12H2,1-3H3,(H,21,23). The molecule has 1 heterocycles. The Bertz CT molecular complexity index is 813. The Kier molecular flexibility index (Phi) is 4.17. The van der Waals surface area contributed by atoms with E-state index in [0.717, 1.165) is 10.5 Å². The maximum Gasteiger partial charge on any atom is 0.262 e. The number of imide groups is 1. The molecule has 0 saturated heterocycles. The van der Waals surface area contributed by atoms with E-state index in [1.807, 2.05) is 24.3 Å². The van der Waals surface area contributed by atoms with E-state index < -0.39 is 17.7 Å². The summed E-state index contributed by atoms with van der Waals surface area (Å²) in [6, 6.07) is 14.1. The van der Waals surface area contributed by atoms with Crippen LogP contribution in [0.3, 0.4) is 0 Å². The molecule has 0 bridgehead atoms. The summed E-state index contributed by atoms with van der Waals surface area (Å²) in [5.41, 5.74) is 2.51. The van der Waals surface area contributed by atoms with E-state index in [0.29, 0.717) is 16.8 Å². The van der Waals surface area contributed by atoms with Gasteiger partial charge in [-0.3, -0.25) is 19.3 Å². The van der Waals surface area contributed by atoms with E-state index in [1.54, 1.807) is 24.3 Å². The molecule has 3 amide bonds. The number of carbonyl (C=O) groups excluding carboxylic acids is 3. The first-order chi connectivity index (χ1) is 11.8. The Labute approximate surface area is 146 Å². The van der Waals surface area contributed by atoms with Crippen LogP contribution in [0.5, 0.6) is 0 Å². The van der Waals surface area contributed by atoms with Crippen LogP contribution >= 0.6 is 0 Å². The Hall–Kier alpha value is -2.95. The Morgan fingerprint density at radius 1 is 0.920 bits per heavy atom. The van der Waals surface area contributed by atoms with Gasteiger partial charge in [-0.15, -0.1) is 0 Å². The quantitative estimate of drug-likeness (QED) is 0.875. The number of hydrogen-bond acceptors (Lipinski definition) is 3. The van der Waals surface area contributed by atoms with Crippen molar-refractivity contribution in [3.63, 3.8) is 0 Å². The lowest BCUT2D eigenvalue weighted by molar-refractivity contribution is -0.116. The largest absolute Gasteiger partial charge is 0.325 e. The average molecular weight is 336 g/mol. The number of anilines is 1. The molecule has 1 N–H and O–H groups in total. The molecule has 3 rings (SSSR count). The predicted molar refractivity (Wildman–Crippen MR) is 95.6 cm³/mol. The lowest BCUT2D eigenvalue weighted by atomic mass is 9.87. The fraction of sp³-hybridized carbons (Fsp3) is 0.250. The normalized spacial score (nSPS) is 13.8. The third-order valence-electron chi connectivity index (χ3n) is 4.21. The van der Waals surface area contributed by atoms with E-state index in [4.69, 9.17) is 0 Å². The zero-order chi connectivity index (χ0) is 18.2. The summed E-state index contributed by atoms with van der Waals surface area (Å²) in [6.45, 7) is 6.04. The van der Waals surface area contributed by atoms with Crippen LogP contribution in [0.1, 0.15) is 47.1 Å². The summed E-state index contributed by atoms with van der Waals surface area (Å²) in [5.74, 6) is -1.27. The molecule has 0 fully saturated rings. The zero-order valence-electron chi connectivity index (χ0n) is 14.5. The molecule has 0 atom stereocenters. The zero-order valence-corrected chi connectivity index (χ0v) is 14.5. The first kappa shape index (κ1) is 16.9. The molecule has 0 unspecified atom stereocenters. The third kappa shape index (κ3) is 3.31. The fourth-order valence-corrected chi connectivity index (χ4v) is 2.78. The van der Waals surface area contributed by atoms with Gasteiger partial charge >= 0.3 is 0 Å². The van der Waals surface area contributed by atoms with Crippen LogP contribution in [0.15, 0.2) is 48.5 Å². The van der Waals surface area contributed by atoms with E-state index in [1.165, 1.54) is 0 Å². The highest BCUT2D eigenvalue weighted by Gasteiger charge is 2.36. The minimum atomic E-state index is -0.432. The van der Waals surface area contributed by atoms with Gasteiger partial charge in [0.2, 0.25) is 5.91 Å². The molecule has 25 heavy (non-hydrogen) atoms. The van der Waals surface area contributed by atoms with Crippen LogP contribution in [0.4, 0.5) is 5.69 Å². The molecule has 0 radical (unpaired) electrons. The minimum Gasteiger partial charge on any atom is -0.325 e. The average Bonchev–Trinajstić information content (AvgIpc) is 2.80. The second-order valence-corrected chi connectivity index (χ2v) is 7.12. The van der Waals surface area contributed by atoms with Gasteiger partial charge in [0.05, 0.1) is 11.1 Å². The van der Waals surface area contributed by atoms with Crippen molar-refractivity contribution in [2.45, 2.75) is 26.2 Å². The number of fused-ring (bicyclic) bond motifs is 1. The van der Waals surface area contributed by atoms with Gasteiger partial charge in [-0.1, -0.05) is 45.0 Å². The molecule has 0 aliphatic carbocycles. The summed E-state index contributed by atoms with van der Waals surface area (Å²) in [7, 11) is 0. The number of carbonyl (C=O) groups is 3. The van der Waals surface area contributed by atoms with Crippen molar-refractivity contribution >= 4 is 23.4 Å². The van der Waals surface area contributed by atoms with E-state index in [2.05, 4.69) is 26.1 Å². The minimum absolute atomic E-state index is 0.0305. The van der Waals surface area contributed by atoms with Gasteiger partial charge in [0, 0.05) is 5.69 Å². The summed E-state index contributed by atoms with van der Waals surface area (Å²) in [4.78, 5) is 37.8. The van der Waals surface area contributed by atoms with E-state index in [9.17, 15) is 14.4 Å². The molecule has 5 nitrogen and oxygen atoms in total. The SMILES string of the molecule is CC(C)(C)c1ccc(NC(=O)CN2C(=O)c3ccccc3C2=O)cc1. The van der Waals surface area contributed by atoms with Crippen molar-refractivity contribution < 1.29 is 14.4 Å². The van der Waals surface area contributed by atoms with Crippen LogP contribution in [-0.4, -0.2) is 29.2 Å². The molecule has 0 aromatic heterocycles. The van der Waals surface area contributed by atoms with E-state index in [-0.39, 0.29) is 12.0 Å². The monoisotopic (exact) mass is 336 g/mol. The summed E-state index contributed by atoms with van der Waals surface area (Å²) < 4.78 is 0. The number of hydrogen-bond donors (Lipinski definition) is 1. The van der Waals surface area contributed by atoms with Gasteiger partial charge < -0.3 is 5.32 Å². The molecule has 0 saturated carbocycles. The van der Waals surface area contributed by atoms with Crippen molar-refractivity contribution in [1.82, 2.24) is 4.90 Å². The highest BCUT2D eigenvalue weighted by Crippen LogP contribution is 2.24. The third-order valence-corrected chi connectivity index (χ3v) is 4.21. The van der Waals surface area contributed by atoms with Crippen LogP contribution < -0.4 is 5.32 Å². The summed E-state index contributed by atoms with van der Waals surface area (Å²) >= 11 is 0. The maximum atomic E-state index is 12.3. The fourth-order valence-electron chi connectivity index (χ4n) is 2.78. The van der Waals surface area contributed by atoms with Gasteiger partial charge in [-0.2, -0.15) is 0 Å². The summed E-state index contributed by atoms with van der Waals surface area (Å²) in [6.07, 6.45) is 0. The van der Waals surface area contributed by atoms with Crippen LogP contribution in [0.25, 0.3) is 0 Å². The van der Waals surface area contributed by atoms with Gasteiger partial charge in [-0.25, -0.2) is 0 Å². The van der Waals surface area contributed by atoms with Gasteiger partial charge in [0.25, 0.3) is 11.8 Å². The first-order valence-electron chi connectivity index (χ1n) is 8.13. The van der Waals surface area contributed by atoms with E-state index >= 15 is 0 Å². The lowest BCUT2D eigenvalue weighted by Crippen LogP contribution is -2.37. The van der Waals surface area contributed by atoms with Crippen molar-refractivity contribution in [2.75, 3.05) is 11.9 Å². The molecule has 0 spiro atoms. The predicted octanol–water partition coefficient (Wildman–Crippen LogP) is 3.22. The number of rotatable bonds is 3. The van der Waals surface area contributed by atoms with Crippen LogP contribution in [0.2, 0.25) is 0 Å². The molecule has 1 aliphatic heterocycles. The highest BCUT2D eigenvalue weighted by atomic mass is 16.2. The number of nitrogens with one attached hydrogen (secondary N) is 1. The number of benzene rings is 2. The molecule has 5 heteroatoms. The topological polar surface area (TPSA) is 66.5 Å². The number of amides is 3. The summed E-state index contributed by atoms with van der Waals surface area (Å²) in [5, 5.41) is 2.73. The molecule has 2 aromatic rings. The van der Waals surface area contributed by atoms with Crippen molar-refractivity contribution in [1.29, 1.82) is 0 Å². The highest BCUT2D eigenvalue weighted by molar-refractivity contribution is 6.22. The second kappa shape index (κ2) is 6.16. The Morgan fingerprint density at radius 3 is 1.92 bits per heavy atom. The Balaban J connectivity index is 1.68. The van der Waals surface area contributed by atoms with Crippen molar-refractivity contribution in [3.05, 3.63) is 65.2 Å². The van der Waals surface area contributed by atoms with Crippen molar-refractivity contribution in [2.24, 2.45) is 0 Å². The lowest BCUT2D eigenvalue weighted by Gasteiger charge is -2.19. The molecule has 1 aliphatic rings. The molecular weight excluding hydrogens is 316 g/mol. The smallest absolute Gasteiger partial charge is 0.262 e. The molecule has 2 aromatic carbocycles. The van der Waals surface area contributed by atoms with Crippen LogP contribution in [-0.2, 0) is 10.2 Å². The van der Waals surface area contributed by atoms with Gasteiger partial charge in [0.15, 0.2) is 0 Å². The van der Waals surface area contributed by atoms with Gasteiger partial charge in [-0.05, 0) is 35.2 Å². The van der Waals surface area contributed by atoms with Crippen molar-refractivity contribution in [3.8, 4) is 0 Å². The maximum absolute atomic E-state index is 12.3. The molecular formula is C20H20N2O3. The molecule has 128 valence electrons.